The van der Waals surface area contributed by atoms with E-state index in [2.05, 4.69) is 9.97 Å². The smallest absolute Gasteiger partial charge is 0.327 e. The molecule has 1 aliphatic rings. The molecule has 3 atom stereocenters. The predicted molar refractivity (Wildman–Crippen MR) is 92.6 cm³/mol. The summed E-state index contributed by atoms with van der Waals surface area (Å²) in [6.07, 6.45) is -1.12. The maximum Gasteiger partial charge on any atom is 0.327 e. The molecular weight excluding hydrogens is 392 g/mol. The van der Waals surface area contributed by atoms with Gasteiger partial charge in [-0.1, -0.05) is 0 Å². The topological polar surface area (TPSA) is 172 Å². The Bertz CT molecular complexity index is 1080. The molecule has 3 rings (SSSR count). The van der Waals surface area contributed by atoms with E-state index in [4.69, 9.17) is 18.9 Å². The molecular formula is C16H18N4O9. The number of H-pyrrole nitrogens is 2. The number of fused-ring (bicyclic) bond motifs is 1. The first-order valence-electron chi connectivity index (χ1n) is 8.46. The fourth-order valence-corrected chi connectivity index (χ4v) is 3.18. The highest BCUT2D eigenvalue weighted by molar-refractivity contribution is 5.71. The first kappa shape index (κ1) is 20.3. The minimum atomic E-state index is -1.81. The number of carbonyl (C=O) groups is 3. The average molecular weight is 410 g/mol. The lowest BCUT2D eigenvalue weighted by Crippen LogP contribution is -2.52. The summed E-state index contributed by atoms with van der Waals surface area (Å²) < 4.78 is 22.6. The maximum absolute atomic E-state index is 12.0. The molecule has 1 fully saturated rings. The van der Waals surface area contributed by atoms with Crippen LogP contribution in [0.15, 0.2) is 15.9 Å². The Hall–Kier alpha value is -3.48. The second kappa shape index (κ2) is 7.50. The summed E-state index contributed by atoms with van der Waals surface area (Å²) in [4.78, 5) is 67.0. The summed E-state index contributed by atoms with van der Waals surface area (Å²) >= 11 is 0. The Labute approximate surface area is 161 Å². The molecule has 0 aromatic carbocycles. The van der Waals surface area contributed by atoms with Crippen LogP contribution in [-0.2, 0) is 39.1 Å². The van der Waals surface area contributed by atoms with Crippen molar-refractivity contribution in [2.75, 3.05) is 13.2 Å². The van der Waals surface area contributed by atoms with E-state index in [0.29, 0.717) is 0 Å². The van der Waals surface area contributed by atoms with Gasteiger partial charge in [-0.15, -0.1) is 0 Å². The Morgan fingerprint density at radius 1 is 1.21 bits per heavy atom. The molecule has 0 spiro atoms. The van der Waals surface area contributed by atoms with Gasteiger partial charge in [0, 0.05) is 20.8 Å². The van der Waals surface area contributed by atoms with Crippen LogP contribution in [0.2, 0.25) is 0 Å². The first-order chi connectivity index (χ1) is 13.6. The van der Waals surface area contributed by atoms with Crippen LogP contribution in [0.5, 0.6) is 0 Å². The van der Waals surface area contributed by atoms with Crippen LogP contribution in [0.25, 0.3) is 11.2 Å². The Morgan fingerprint density at radius 2 is 1.93 bits per heavy atom. The molecule has 13 nitrogen and oxygen atoms in total. The molecule has 156 valence electrons. The number of esters is 3. The van der Waals surface area contributed by atoms with Crippen LogP contribution in [0, 0.1) is 0 Å². The van der Waals surface area contributed by atoms with Crippen LogP contribution in [0.4, 0.5) is 0 Å². The van der Waals surface area contributed by atoms with Crippen molar-refractivity contribution < 1.29 is 33.3 Å². The van der Waals surface area contributed by atoms with Gasteiger partial charge in [-0.3, -0.25) is 33.7 Å². The molecule has 29 heavy (non-hydrogen) atoms. The molecule has 1 saturated heterocycles. The van der Waals surface area contributed by atoms with Crippen LogP contribution in [0.3, 0.4) is 0 Å². The molecule has 0 saturated carbocycles. The van der Waals surface area contributed by atoms with Crippen LogP contribution < -0.4 is 11.2 Å². The number of carbonyl (C=O) groups excluding carboxylic acids is 3. The van der Waals surface area contributed by atoms with E-state index in [1.54, 1.807) is 0 Å². The second-order valence-corrected chi connectivity index (χ2v) is 6.34. The van der Waals surface area contributed by atoms with E-state index in [1.807, 2.05) is 4.98 Å². The number of ether oxygens (including phenoxy) is 4. The van der Waals surface area contributed by atoms with E-state index >= 15 is 0 Å². The number of aromatic amines is 2. The van der Waals surface area contributed by atoms with Gasteiger partial charge in [0.15, 0.2) is 17.3 Å². The van der Waals surface area contributed by atoms with Crippen molar-refractivity contribution in [2.24, 2.45) is 0 Å². The fraction of sp³-hybridized carbons (Fsp3) is 0.500. The summed E-state index contributed by atoms with van der Waals surface area (Å²) in [6.45, 7) is 2.82. The first-order valence-corrected chi connectivity index (χ1v) is 8.46. The zero-order chi connectivity index (χ0) is 21.3. The minimum absolute atomic E-state index is 0.0751. The number of hydrogen-bond donors (Lipinski definition) is 2. The van der Waals surface area contributed by atoms with E-state index in [9.17, 15) is 24.0 Å². The third-order valence-electron chi connectivity index (χ3n) is 4.20. The SMILES string of the molecule is CC(=O)OC[C@@H]1OC[C@@](OC(C)=O)(n2cnc3c(=O)[nH]c(=O)[nH]c32)[C@H]1OC(C)=O. The lowest BCUT2D eigenvalue weighted by Gasteiger charge is -2.34. The molecule has 13 heteroatoms. The zero-order valence-corrected chi connectivity index (χ0v) is 15.7. The number of nitrogens with one attached hydrogen (secondary N) is 2. The van der Waals surface area contributed by atoms with Crippen LogP contribution >= 0.6 is 0 Å². The predicted octanol–water partition coefficient (Wildman–Crippen LogP) is -1.48. The summed E-state index contributed by atoms with van der Waals surface area (Å²) in [5, 5.41) is 0. The average Bonchev–Trinajstić information content (AvgIpc) is 3.15. The van der Waals surface area contributed by atoms with Crippen molar-refractivity contribution in [3.8, 4) is 0 Å². The number of hydrogen-bond acceptors (Lipinski definition) is 10. The highest BCUT2D eigenvalue weighted by Gasteiger charge is 2.58. The summed E-state index contributed by atoms with van der Waals surface area (Å²) in [6, 6.07) is 0. The molecule has 2 aromatic rings. The monoisotopic (exact) mass is 410 g/mol. The van der Waals surface area contributed by atoms with Gasteiger partial charge in [-0.25, -0.2) is 9.78 Å². The van der Waals surface area contributed by atoms with E-state index < -0.39 is 47.1 Å². The number of imidazole rings is 1. The maximum atomic E-state index is 12.0. The van der Waals surface area contributed by atoms with Crippen LogP contribution in [-0.4, -0.2) is 62.8 Å². The second-order valence-electron chi connectivity index (χ2n) is 6.34. The highest BCUT2D eigenvalue weighted by atomic mass is 16.7. The normalized spacial score (nSPS) is 23.7. The minimum Gasteiger partial charge on any atom is -0.463 e. The van der Waals surface area contributed by atoms with Crippen LogP contribution in [0.1, 0.15) is 20.8 Å². The highest BCUT2D eigenvalue weighted by Crippen LogP contribution is 2.37. The zero-order valence-electron chi connectivity index (χ0n) is 15.7. The van der Waals surface area contributed by atoms with E-state index in [1.165, 1.54) is 11.5 Å². The quantitative estimate of drug-likeness (QED) is 0.437. The van der Waals surface area contributed by atoms with Gasteiger partial charge in [0.1, 0.15) is 25.6 Å². The third kappa shape index (κ3) is 3.76. The number of rotatable bonds is 5. The van der Waals surface area contributed by atoms with Crippen molar-refractivity contribution in [1.29, 1.82) is 0 Å². The molecule has 0 unspecified atom stereocenters. The fourth-order valence-electron chi connectivity index (χ4n) is 3.18. The lowest BCUT2D eigenvalue weighted by molar-refractivity contribution is -0.196. The number of aromatic nitrogens is 4. The van der Waals surface area contributed by atoms with Crippen molar-refractivity contribution in [3.63, 3.8) is 0 Å². The summed E-state index contributed by atoms with van der Waals surface area (Å²) in [5.41, 5.74) is -3.61. The van der Waals surface area contributed by atoms with Crippen molar-refractivity contribution >= 4 is 29.1 Å². The summed E-state index contributed by atoms with van der Waals surface area (Å²) in [7, 11) is 0. The van der Waals surface area contributed by atoms with Crippen molar-refractivity contribution in [2.45, 2.75) is 38.7 Å². The van der Waals surface area contributed by atoms with Gasteiger partial charge in [0.25, 0.3) is 11.3 Å². The largest absolute Gasteiger partial charge is 0.463 e. The molecule has 2 N–H and O–H groups in total. The third-order valence-corrected chi connectivity index (χ3v) is 4.20. The molecule has 0 bridgehead atoms. The Morgan fingerprint density at radius 3 is 2.55 bits per heavy atom. The van der Waals surface area contributed by atoms with Gasteiger partial charge >= 0.3 is 23.6 Å². The molecule has 0 amide bonds. The molecule has 3 heterocycles. The van der Waals surface area contributed by atoms with Crippen molar-refractivity contribution in [1.82, 2.24) is 19.5 Å². The Kier molecular flexibility index (Phi) is 5.24. The standard InChI is InChI=1S/C16H18N4O9/c1-7(21)26-4-10-12(28-8(2)22)16(5-27-10,29-9(3)23)20-6-17-11-13(20)18-15(25)19-14(11)24/h6,10,12H,4-5H2,1-3H3,(H2,18,19,24,25)/t10-,12-,16-/m0/s1. The number of nitrogens with zero attached hydrogens (tertiary/aromatic N) is 2. The van der Waals surface area contributed by atoms with Gasteiger partial charge in [0.2, 0.25) is 0 Å². The molecule has 1 aliphatic heterocycles. The van der Waals surface area contributed by atoms with E-state index in [0.717, 1.165) is 20.2 Å². The lowest BCUT2D eigenvalue weighted by atomic mass is 10.0. The molecule has 0 aliphatic carbocycles. The van der Waals surface area contributed by atoms with Gasteiger partial charge in [-0.05, 0) is 0 Å². The van der Waals surface area contributed by atoms with Gasteiger partial charge in [-0.2, -0.15) is 0 Å². The molecule has 0 radical (unpaired) electrons. The van der Waals surface area contributed by atoms with Gasteiger partial charge < -0.3 is 18.9 Å². The van der Waals surface area contributed by atoms with Gasteiger partial charge in [0.05, 0.1) is 0 Å². The van der Waals surface area contributed by atoms with E-state index in [-0.39, 0.29) is 24.4 Å². The summed E-state index contributed by atoms with van der Waals surface area (Å²) in [5.74, 6) is -2.07. The van der Waals surface area contributed by atoms with Crippen molar-refractivity contribution in [3.05, 3.63) is 27.2 Å². The molecule has 2 aromatic heterocycles. The Balaban J connectivity index is 2.18.